The molecule has 0 aliphatic rings. The summed E-state index contributed by atoms with van der Waals surface area (Å²) in [6, 6.07) is 17.6. The molecule has 4 nitrogen and oxygen atoms in total. The van der Waals surface area contributed by atoms with E-state index in [1.165, 1.54) is 6.08 Å². The van der Waals surface area contributed by atoms with E-state index in [4.69, 9.17) is 4.74 Å². The first kappa shape index (κ1) is 18.3. The van der Waals surface area contributed by atoms with Gasteiger partial charge in [0, 0.05) is 11.6 Å². The molecule has 0 fully saturated rings. The zero-order valence-corrected chi connectivity index (χ0v) is 14.8. The smallest absolute Gasteiger partial charge is 0.330 e. The van der Waals surface area contributed by atoms with E-state index >= 15 is 0 Å². The number of nitrogens with zero attached hydrogens (tertiary/aromatic N) is 2. The highest BCUT2D eigenvalue weighted by molar-refractivity contribution is 6.04. The Morgan fingerprint density at radius 2 is 1.60 bits per heavy atom. The Balaban J connectivity index is 2.24. The molecule has 0 amide bonds. The first-order valence-corrected chi connectivity index (χ1v) is 8.20. The molecule has 0 spiro atoms. The quantitative estimate of drug-likeness (QED) is 0.338. The van der Waals surface area contributed by atoms with E-state index in [9.17, 15) is 4.79 Å². The van der Waals surface area contributed by atoms with Crippen molar-refractivity contribution in [1.29, 1.82) is 0 Å². The molecule has 0 saturated carbocycles. The molecular formula is C21H22N2O2. The minimum atomic E-state index is -0.357. The van der Waals surface area contributed by atoms with Gasteiger partial charge in [0.2, 0.25) is 0 Å². The van der Waals surface area contributed by atoms with Crippen LogP contribution in [0.15, 0.2) is 70.9 Å². The van der Waals surface area contributed by atoms with Gasteiger partial charge in [-0.2, -0.15) is 10.2 Å². The van der Waals surface area contributed by atoms with Crippen LogP contribution in [0.2, 0.25) is 0 Å². The second kappa shape index (κ2) is 9.33. The Hall–Kier alpha value is -3.01. The molecule has 0 aromatic heterocycles. The number of ether oxygens (including phenoxy) is 1. The summed E-state index contributed by atoms with van der Waals surface area (Å²) in [5.74, 6) is -0.357. The zero-order valence-electron chi connectivity index (χ0n) is 14.8. The second-order valence-corrected chi connectivity index (χ2v) is 5.41. The van der Waals surface area contributed by atoms with Crippen LogP contribution in [0.4, 0.5) is 0 Å². The lowest BCUT2D eigenvalue weighted by atomic mass is 10.0. The molecule has 0 aliphatic carbocycles. The molecule has 128 valence electrons. The number of rotatable bonds is 6. The van der Waals surface area contributed by atoms with Gasteiger partial charge in [0.05, 0.1) is 18.0 Å². The topological polar surface area (TPSA) is 51.0 Å². The SMILES string of the molecule is CCOC(=O)/C=C/c1ccccc1/C(C)=N/N=C(\C)c1ccccc1. The van der Waals surface area contributed by atoms with Gasteiger partial charge in [0.15, 0.2) is 0 Å². The van der Waals surface area contributed by atoms with Gasteiger partial charge in [0.1, 0.15) is 0 Å². The molecule has 0 unspecified atom stereocenters. The third-order valence-corrected chi connectivity index (χ3v) is 3.58. The largest absolute Gasteiger partial charge is 0.463 e. The number of hydrogen-bond acceptors (Lipinski definition) is 4. The summed E-state index contributed by atoms with van der Waals surface area (Å²) in [5.41, 5.74) is 4.48. The summed E-state index contributed by atoms with van der Waals surface area (Å²) in [4.78, 5) is 11.5. The number of hydrogen-bond donors (Lipinski definition) is 0. The number of carbonyl (C=O) groups is 1. The monoisotopic (exact) mass is 334 g/mol. The minimum absolute atomic E-state index is 0.357. The minimum Gasteiger partial charge on any atom is -0.463 e. The molecule has 0 atom stereocenters. The van der Waals surface area contributed by atoms with Crippen LogP contribution in [0, 0.1) is 0 Å². The van der Waals surface area contributed by atoms with Gasteiger partial charge in [0.25, 0.3) is 0 Å². The predicted octanol–water partition coefficient (Wildman–Crippen LogP) is 4.50. The molecule has 4 heteroatoms. The predicted molar refractivity (Wildman–Crippen MR) is 103 cm³/mol. The van der Waals surface area contributed by atoms with Crippen molar-refractivity contribution >= 4 is 23.5 Å². The van der Waals surface area contributed by atoms with Crippen LogP contribution in [-0.2, 0) is 9.53 Å². The molecule has 25 heavy (non-hydrogen) atoms. The van der Waals surface area contributed by atoms with Crippen LogP contribution in [0.3, 0.4) is 0 Å². The summed E-state index contributed by atoms with van der Waals surface area (Å²) in [7, 11) is 0. The van der Waals surface area contributed by atoms with Crippen molar-refractivity contribution in [3.63, 3.8) is 0 Å². The molecular weight excluding hydrogens is 312 g/mol. The molecule has 0 saturated heterocycles. The molecule has 2 rings (SSSR count). The van der Waals surface area contributed by atoms with Crippen molar-refractivity contribution in [2.45, 2.75) is 20.8 Å². The number of esters is 1. The van der Waals surface area contributed by atoms with Crippen molar-refractivity contribution in [3.05, 3.63) is 77.4 Å². The van der Waals surface area contributed by atoms with Crippen LogP contribution < -0.4 is 0 Å². The third kappa shape index (κ3) is 5.53. The molecule has 0 radical (unpaired) electrons. The van der Waals surface area contributed by atoms with E-state index in [0.717, 1.165) is 28.1 Å². The average molecular weight is 334 g/mol. The van der Waals surface area contributed by atoms with Gasteiger partial charge in [-0.15, -0.1) is 0 Å². The van der Waals surface area contributed by atoms with Crippen molar-refractivity contribution in [2.24, 2.45) is 10.2 Å². The van der Waals surface area contributed by atoms with E-state index in [-0.39, 0.29) is 5.97 Å². The van der Waals surface area contributed by atoms with E-state index in [0.29, 0.717) is 6.61 Å². The number of benzene rings is 2. The van der Waals surface area contributed by atoms with Crippen LogP contribution in [0.1, 0.15) is 37.5 Å². The van der Waals surface area contributed by atoms with Crippen LogP contribution in [0.5, 0.6) is 0 Å². The fourth-order valence-corrected chi connectivity index (χ4v) is 2.26. The van der Waals surface area contributed by atoms with Gasteiger partial charge < -0.3 is 4.74 Å². The highest BCUT2D eigenvalue weighted by Gasteiger charge is 2.04. The van der Waals surface area contributed by atoms with Crippen LogP contribution in [0.25, 0.3) is 6.08 Å². The standard InChI is InChI=1S/C21H22N2O2/c1-4-25-21(24)15-14-19-12-8-9-13-20(19)17(3)23-22-16(2)18-10-6-5-7-11-18/h5-15H,4H2,1-3H3/b15-14+,22-16+,23-17+. The maximum absolute atomic E-state index is 11.5. The lowest BCUT2D eigenvalue weighted by Crippen LogP contribution is -2.01. The van der Waals surface area contributed by atoms with E-state index in [1.54, 1.807) is 13.0 Å². The zero-order chi connectivity index (χ0) is 18.1. The van der Waals surface area contributed by atoms with Crippen molar-refractivity contribution in [2.75, 3.05) is 6.61 Å². The van der Waals surface area contributed by atoms with Gasteiger partial charge in [-0.1, -0.05) is 54.6 Å². The Labute approximate surface area is 148 Å². The van der Waals surface area contributed by atoms with Crippen LogP contribution in [-0.4, -0.2) is 24.0 Å². The van der Waals surface area contributed by atoms with E-state index < -0.39 is 0 Å². The summed E-state index contributed by atoms with van der Waals surface area (Å²) in [6.07, 6.45) is 3.16. The highest BCUT2D eigenvalue weighted by atomic mass is 16.5. The molecule has 2 aromatic rings. The number of carbonyl (C=O) groups excluding carboxylic acids is 1. The lowest BCUT2D eigenvalue weighted by molar-refractivity contribution is -0.137. The Kier molecular flexibility index (Phi) is 6.84. The fourth-order valence-electron chi connectivity index (χ4n) is 2.26. The van der Waals surface area contributed by atoms with E-state index in [2.05, 4.69) is 10.2 Å². The normalized spacial score (nSPS) is 12.4. The van der Waals surface area contributed by atoms with E-state index in [1.807, 2.05) is 68.4 Å². The molecule has 2 aromatic carbocycles. The van der Waals surface area contributed by atoms with Gasteiger partial charge >= 0.3 is 5.97 Å². The van der Waals surface area contributed by atoms with Crippen molar-refractivity contribution in [1.82, 2.24) is 0 Å². The Morgan fingerprint density at radius 1 is 0.960 bits per heavy atom. The van der Waals surface area contributed by atoms with Crippen molar-refractivity contribution < 1.29 is 9.53 Å². The fraction of sp³-hybridized carbons (Fsp3) is 0.190. The van der Waals surface area contributed by atoms with Gasteiger partial charge in [-0.25, -0.2) is 4.79 Å². The molecule has 0 bridgehead atoms. The molecule has 0 aliphatic heterocycles. The van der Waals surface area contributed by atoms with Crippen molar-refractivity contribution in [3.8, 4) is 0 Å². The molecule has 0 N–H and O–H groups in total. The Bertz CT molecular complexity index is 806. The first-order chi connectivity index (χ1) is 12.1. The maximum Gasteiger partial charge on any atom is 0.330 e. The Morgan fingerprint density at radius 3 is 2.32 bits per heavy atom. The van der Waals surface area contributed by atoms with Gasteiger partial charge in [-0.3, -0.25) is 0 Å². The van der Waals surface area contributed by atoms with Gasteiger partial charge in [-0.05, 0) is 38.0 Å². The summed E-state index contributed by atoms with van der Waals surface area (Å²) in [6.45, 7) is 5.97. The molecule has 0 heterocycles. The summed E-state index contributed by atoms with van der Waals surface area (Å²) < 4.78 is 4.91. The summed E-state index contributed by atoms with van der Waals surface area (Å²) >= 11 is 0. The first-order valence-electron chi connectivity index (χ1n) is 8.20. The summed E-state index contributed by atoms with van der Waals surface area (Å²) in [5, 5.41) is 8.67. The highest BCUT2D eigenvalue weighted by Crippen LogP contribution is 2.13. The average Bonchev–Trinajstić information content (AvgIpc) is 2.65. The third-order valence-electron chi connectivity index (χ3n) is 3.58. The lowest BCUT2D eigenvalue weighted by Gasteiger charge is -2.05. The second-order valence-electron chi connectivity index (χ2n) is 5.41. The van der Waals surface area contributed by atoms with Crippen LogP contribution >= 0.6 is 0 Å². The maximum atomic E-state index is 11.5.